The first kappa shape index (κ1) is 17.2. The Labute approximate surface area is 127 Å². The molecule has 0 aliphatic rings. The normalized spacial score (nSPS) is 13.3. The summed E-state index contributed by atoms with van der Waals surface area (Å²) in [5.41, 5.74) is 0. The van der Waals surface area contributed by atoms with Gasteiger partial charge in [-0.3, -0.25) is 14.4 Å². The van der Waals surface area contributed by atoms with Crippen molar-refractivity contribution in [3.63, 3.8) is 0 Å². The monoisotopic (exact) mass is 312 g/mol. The minimum Gasteiger partial charge on any atom is -0.481 e. The van der Waals surface area contributed by atoms with Crippen LogP contribution in [0.1, 0.15) is 31.2 Å². The van der Waals surface area contributed by atoms with E-state index in [-0.39, 0.29) is 30.8 Å². The number of carbonyl (C=O) groups is 3. The maximum Gasteiger partial charge on any atom is 0.308 e. The van der Waals surface area contributed by atoms with Crippen molar-refractivity contribution in [3.8, 4) is 0 Å². The van der Waals surface area contributed by atoms with Crippen molar-refractivity contribution in [2.75, 3.05) is 13.6 Å². The molecule has 0 saturated heterocycles. The molecule has 2 atom stereocenters. The SMILES string of the molecule is CC(=O)NC(CC(=O)N(C)CC(C)C(=O)O)c1cccs1. The Hall–Kier alpha value is -1.89. The molecule has 0 aliphatic heterocycles. The molecular formula is C14H20N2O4S. The third kappa shape index (κ3) is 5.55. The second kappa shape index (κ2) is 7.78. The Morgan fingerprint density at radius 1 is 1.43 bits per heavy atom. The van der Waals surface area contributed by atoms with Gasteiger partial charge < -0.3 is 15.3 Å². The first-order valence-corrected chi connectivity index (χ1v) is 7.46. The Kier molecular flexibility index (Phi) is 6.36. The summed E-state index contributed by atoms with van der Waals surface area (Å²) in [5.74, 6) is -1.97. The topological polar surface area (TPSA) is 86.7 Å². The molecule has 1 rings (SSSR count). The van der Waals surface area contributed by atoms with Crippen LogP contribution in [0.3, 0.4) is 0 Å². The lowest BCUT2D eigenvalue weighted by Crippen LogP contribution is -2.37. The lowest BCUT2D eigenvalue weighted by atomic mass is 10.1. The highest BCUT2D eigenvalue weighted by atomic mass is 32.1. The van der Waals surface area contributed by atoms with Gasteiger partial charge in [-0.15, -0.1) is 11.3 Å². The Morgan fingerprint density at radius 3 is 2.57 bits per heavy atom. The summed E-state index contributed by atoms with van der Waals surface area (Å²) < 4.78 is 0. The number of amides is 2. The van der Waals surface area contributed by atoms with Crippen molar-refractivity contribution in [2.45, 2.75) is 26.3 Å². The van der Waals surface area contributed by atoms with Gasteiger partial charge in [-0.1, -0.05) is 13.0 Å². The van der Waals surface area contributed by atoms with Gasteiger partial charge in [-0.25, -0.2) is 0 Å². The summed E-state index contributed by atoms with van der Waals surface area (Å²) in [7, 11) is 1.57. The van der Waals surface area contributed by atoms with E-state index in [1.807, 2.05) is 17.5 Å². The fourth-order valence-electron chi connectivity index (χ4n) is 1.88. The lowest BCUT2D eigenvalue weighted by Gasteiger charge is -2.23. The zero-order chi connectivity index (χ0) is 16.0. The molecule has 0 saturated carbocycles. The molecule has 0 spiro atoms. The Bertz CT molecular complexity index is 501. The van der Waals surface area contributed by atoms with Crippen molar-refractivity contribution in [1.82, 2.24) is 10.2 Å². The van der Waals surface area contributed by atoms with Gasteiger partial charge >= 0.3 is 5.97 Å². The van der Waals surface area contributed by atoms with Crippen LogP contribution in [0.5, 0.6) is 0 Å². The molecule has 0 aromatic carbocycles. The number of rotatable bonds is 7. The van der Waals surface area contributed by atoms with Crippen molar-refractivity contribution < 1.29 is 19.5 Å². The van der Waals surface area contributed by atoms with E-state index < -0.39 is 11.9 Å². The van der Waals surface area contributed by atoms with Gasteiger partial charge in [0.05, 0.1) is 18.4 Å². The van der Waals surface area contributed by atoms with Crippen molar-refractivity contribution in [2.24, 2.45) is 5.92 Å². The van der Waals surface area contributed by atoms with Crippen LogP contribution in [0, 0.1) is 5.92 Å². The van der Waals surface area contributed by atoms with Gasteiger partial charge in [0.1, 0.15) is 0 Å². The standard InChI is InChI=1S/C14H20N2O4S/c1-9(14(19)20)8-16(3)13(18)7-11(15-10(2)17)12-5-4-6-21-12/h4-6,9,11H,7-8H2,1-3H3,(H,15,17)(H,19,20). The number of nitrogens with zero attached hydrogens (tertiary/aromatic N) is 1. The lowest BCUT2D eigenvalue weighted by molar-refractivity contribution is -0.142. The van der Waals surface area contributed by atoms with Crippen LogP contribution in [0.2, 0.25) is 0 Å². The number of aliphatic carboxylic acids is 1. The second-order valence-electron chi connectivity index (χ2n) is 4.99. The second-order valence-corrected chi connectivity index (χ2v) is 5.97. The van der Waals surface area contributed by atoms with Gasteiger partial charge in [0, 0.05) is 25.4 Å². The fraction of sp³-hybridized carbons (Fsp3) is 0.500. The highest BCUT2D eigenvalue weighted by molar-refractivity contribution is 7.10. The largest absolute Gasteiger partial charge is 0.481 e. The minimum atomic E-state index is -0.939. The highest BCUT2D eigenvalue weighted by Gasteiger charge is 2.22. The molecule has 0 aliphatic carbocycles. The predicted octanol–water partition coefficient (Wildman–Crippen LogP) is 1.49. The molecule has 2 unspecified atom stereocenters. The molecule has 6 nitrogen and oxygen atoms in total. The van der Waals surface area contributed by atoms with E-state index in [4.69, 9.17) is 5.11 Å². The zero-order valence-corrected chi connectivity index (χ0v) is 13.1. The minimum absolute atomic E-state index is 0.114. The van der Waals surface area contributed by atoms with Crippen LogP contribution >= 0.6 is 11.3 Å². The molecule has 1 heterocycles. The van der Waals surface area contributed by atoms with Crippen LogP contribution in [0.15, 0.2) is 17.5 Å². The molecule has 7 heteroatoms. The summed E-state index contributed by atoms with van der Waals surface area (Å²) >= 11 is 1.47. The number of hydrogen-bond acceptors (Lipinski definition) is 4. The first-order valence-electron chi connectivity index (χ1n) is 6.58. The van der Waals surface area contributed by atoms with Crippen LogP contribution in [0.25, 0.3) is 0 Å². The molecule has 1 aromatic heterocycles. The molecule has 0 fully saturated rings. The average molecular weight is 312 g/mol. The zero-order valence-electron chi connectivity index (χ0n) is 12.3. The fourth-order valence-corrected chi connectivity index (χ4v) is 2.66. The van der Waals surface area contributed by atoms with Gasteiger partial charge in [0.2, 0.25) is 11.8 Å². The summed E-state index contributed by atoms with van der Waals surface area (Å²) in [4.78, 5) is 36.5. The van der Waals surface area contributed by atoms with E-state index in [0.29, 0.717) is 0 Å². The van der Waals surface area contributed by atoms with Gasteiger partial charge in [-0.2, -0.15) is 0 Å². The van der Waals surface area contributed by atoms with Gasteiger partial charge in [0.25, 0.3) is 0 Å². The van der Waals surface area contributed by atoms with Crippen molar-refractivity contribution in [1.29, 1.82) is 0 Å². The van der Waals surface area contributed by atoms with Crippen molar-refractivity contribution >= 4 is 29.1 Å². The Morgan fingerprint density at radius 2 is 2.10 bits per heavy atom. The van der Waals surface area contributed by atoms with E-state index in [2.05, 4.69) is 5.32 Å². The van der Waals surface area contributed by atoms with Crippen molar-refractivity contribution in [3.05, 3.63) is 22.4 Å². The average Bonchev–Trinajstić information content (AvgIpc) is 2.90. The van der Waals surface area contributed by atoms with Crippen LogP contribution in [-0.4, -0.2) is 41.4 Å². The summed E-state index contributed by atoms with van der Waals surface area (Å²) in [6.45, 7) is 3.10. The number of carboxylic acids is 1. The number of hydrogen-bond donors (Lipinski definition) is 2. The molecule has 0 bridgehead atoms. The van der Waals surface area contributed by atoms with Crippen LogP contribution in [0.4, 0.5) is 0 Å². The molecule has 116 valence electrons. The third-order valence-electron chi connectivity index (χ3n) is 3.04. The molecular weight excluding hydrogens is 292 g/mol. The smallest absolute Gasteiger partial charge is 0.308 e. The van der Waals surface area contributed by atoms with E-state index >= 15 is 0 Å². The summed E-state index contributed by atoms with van der Waals surface area (Å²) in [6.07, 6.45) is 0.114. The van der Waals surface area contributed by atoms with Crippen LogP contribution < -0.4 is 5.32 Å². The molecule has 2 amide bonds. The van der Waals surface area contributed by atoms with Gasteiger partial charge in [-0.05, 0) is 11.4 Å². The Balaban J connectivity index is 2.68. The number of nitrogens with one attached hydrogen (secondary N) is 1. The molecule has 0 radical (unpaired) electrons. The first-order chi connectivity index (χ1) is 9.81. The maximum absolute atomic E-state index is 12.2. The maximum atomic E-state index is 12.2. The van der Waals surface area contributed by atoms with E-state index in [1.165, 1.54) is 23.2 Å². The third-order valence-corrected chi connectivity index (χ3v) is 4.02. The van der Waals surface area contributed by atoms with Crippen LogP contribution in [-0.2, 0) is 14.4 Å². The molecule has 1 aromatic rings. The van der Waals surface area contributed by atoms with E-state index in [0.717, 1.165) is 4.88 Å². The number of thiophene rings is 1. The quantitative estimate of drug-likeness (QED) is 0.798. The van der Waals surface area contributed by atoms with E-state index in [1.54, 1.807) is 14.0 Å². The summed E-state index contributed by atoms with van der Waals surface area (Å²) in [6, 6.07) is 3.34. The number of carbonyl (C=O) groups excluding carboxylic acids is 2. The molecule has 2 N–H and O–H groups in total. The molecule has 21 heavy (non-hydrogen) atoms. The van der Waals surface area contributed by atoms with Gasteiger partial charge in [0.15, 0.2) is 0 Å². The van der Waals surface area contributed by atoms with E-state index in [9.17, 15) is 14.4 Å². The predicted molar refractivity (Wildman–Crippen MR) is 79.9 cm³/mol. The highest BCUT2D eigenvalue weighted by Crippen LogP contribution is 2.22. The number of carboxylic acid groups (broad SMARTS) is 1. The summed E-state index contributed by atoms with van der Waals surface area (Å²) in [5, 5.41) is 13.5.